The molecule has 1 rings (SSSR count). The van der Waals surface area contributed by atoms with Crippen LogP contribution in [0.1, 0.15) is 40.0 Å². The molecule has 0 aliphatic heterocycles. The van der Waals surface area contributed by atoms with Gasteiger partial charge in [0.05, 0.1) is 0 Å². The Hall–Kier alpha value is -1.44. The van der Waals surface area contributed by atoms with Crippen molar-refractivity contribution >= 4 is 34.8 Å². The van der Waals surface area contributed by atoms with Crippen LogP contribution in [-0.2, 0) is 0 Å². The number of nitrogens with zero attached hydrogens (tertiary/aromatic N) is 3. The maximum atomic E-state index is 8.83. The monoisotopic (exact) mass is 326 g/mol. The quantitative estimate of drug-likeness (QED) is 0.489. The van der Waals surface area contributed by atoms with Crippen molar-refractivity contribution < 1.29 is 0 Å². The van der Waals surface area contributed by atoms with Crippen LogP contribution >= 0.6 is 23.2 Å². The fourth-order valence-corrected chi connectivity index (χ4v) is 3.16. The van der Waals surface area contributed by atoms with E-state index in [4.69, 9.17) is 34.2 Å². The van der Waals surface area contributed by atoms with Crippen LogP contribution in [0.5, 0.6) is 0 Å². The Kier molecular flexibility index (Phi) is 6.32. The van der Waals surface area contributed by atoms with Crippen LogP contribution in [-0.4, -0.2) is 11.5 Å². The van der Waals surface area contributed by atoms with Gasteiger partial charge >= 0.3 is 0 Å². The average molecular weight is 327 g/mol. The summed E-state index contributed by atoms with van der Waals surface area (Å²) in [5.74, 6) is 0.154. The Labute approximate surface area is 136 Å². The van der Waals surface area contributed by atoms with E-state index in [1.807, 2.05) is 4.90 Å². The molecule has 0 unspecified atom stereocenters. The fraction of sp³-hybridized carbons (Fsp3) is 0.467. The van der Waals surface area contributed by atoms with Crippen LogP contribution < -0.4 is 10.6 Å². The number of aliphatic imine (C=N–C) groups is 1. The highest BCUT2D eigenvalue weighted by Gasteiger charge is 2.34. The Morgan fingerprint density at radius 3 is 2.05 bits per heavy atom. The molecule has 0 heterocycles. The minimum absolute atomic E-state index is 0.154. The van der Waals surface area contributed by atoms with Crippen LogP contribution in [0.25, 0.3) is 0 Å². The zero-order valence-corrected chi connectivity index (χ0v) is 14.0. The van der Waals surface area contributed by atoms with Crippen LogP contribution in [0.3, 0.4) is 0 Å². The van der Waals surface area contributed by atoms with Crippen molar-refractivity contribution in [2.24, 2.45) is 10.7 Å². The van der Waals surface area contributed by atoms with Gasteiger partial charge in [-0.05, 0) is 37.5 Å². The molecule has 0 aromatic heterocycles. The summed E-state index contributed by atoms with van der Waals surface area (Å²) >= 11 is 12.2. The third-order valence-corrected chi connectivity index (χ3v) is 4.38. The molecule has 4 nitrogen and oxygen atoms in total. The first-order valence-corrected chi connectivity index (χ1v) is 7.68. The highest BCUT2D eigenvalue weighted by molar-refractivity contribution is 6.35. The molecule has 0 atom stereocenters. The number of halogens is 2. The van der Waals surface area contributed by atoms with Crippen molar-refractivity contribution in [3.8, 4) is 6.19 Å². The smallest absolute Gasteiger partial charge is 0.212 e. The lowest BCUT2D eigenvalue weighted by Gasteiger charge is -2.43. The lowest BCUT2D eigenvalue weighted by molar-refractivity contribution is 0.381. The van der Waals surface area contributed by atoms with Crippen molar-refractivity contribution in [1.82, 2.24) is 0 Å². The number of guanidine groups is 1. The predicted octanol–water partition coefficient (Wildman–Crippen LogP) is 4.56. The minimum atomic E-state index is -0.238. The lowest BCUT2D eigenvalue weighted by atomic mass is 9.87. The van der Waals surface area contributed by atoms with Gasteiger partial charge in [0.2, 0.25) is 12.2 Å². The summed E-state index contributed by atoms with van der Waals surface area (Å²) in [5.41, 5.74) is 6.55. The molecule has 0 aliphatic carbocycles. The molecule has 0 aliphatic rings. The molecule has 114 valence electrons. The molecule has 0 saturated heterocycles. The highest BCUT2D eigenvalue weighted by atomic mass is 35.5. The van der Waals surface area contributed by atoms with E-state index in [-0.39, 0.29) is 11.5 Å². The summed E-state index contributed by atoms with van der Waals surface area (Å²) in [7, 11) is 0. The summed E-state index contributed by atoms with van der Waals surface area (Å²) in [6.45, 7) is 6.27. The largest absolute Gasteiger partial charge is 0.369 e. The predicted molar refractivity (Wildman–Crippen MR) is 89.8 cm³/mol. The summed E-state index contributed by atoms with van der Waals surface area (Å²) in [6, 6.07) is 5.22. The number of anilines is 1. The third kappa shape index (κ3) is 3.81. The molecule has 0 bridgehead atoms. The number of nitriles is 1. The van der Waals surface area contributed by atoms with Gasteiger partial charge in [0.15, 0.2) is 0 Å². The first-order chi connectivity index (χ1) is 9.93. The molecule has 21 heavy (non-hydrogen) atoms. The zero-order chi connectivity index (χ0) is 16.0. The fourth-order valence-electron chi connectivity index (χ4n) is 2.64. The third-order valence-electron chi connectivity index (χ3n) is 3.95. The number of nitrogens with two attached hydrogens (primary N) is 1. The van der Waals surface area contributed by atoms with E-state index < -0.39 is 0 Å². The van der Waals surface area contributed by atoms with Crippen LogP contribution in [0, 0.1) is 11.5 Å². The Morgan fingerprint density at radius 2 is 1.67 bits per heavy atom. The normalized spacial score (nSPS) is 12.1. The molecular formula is C15H20Cl2N4. The summed E-state index contributed by atoms with van der Waals surface area (Å²) in [4.78, 5) is 5.58. The standard InChI is InChI=1S/C15H20Cl2N4/c1-4-15(5-2,6-3)21(14(19)20-10-18)13-8-11(16)7-12(17)9-13/h7-9H,4-6H2,1-3H3,(H2,19,20). The Bertz CT molecular complexity index is 531. The summed E-state index contributed by atoms with van der Waals surface area (Å²) in [6.07, 6.45) is 4.31. The number of rotatable bonds is 5. The highest BCUT2D eigenvalue weighted by Crippen LogP contribution is 2.35. The van der Waals surface area contributed by atoms with Crippen LogP contribution in [0.15, 0.2) is 23.2 Å². The molecule has 6 heteroatoms. The van der Waals surface area contributed by atoms with Gasteiger partial charge < -0.3 is 10.6 Å². The lowest BCUT2D eigenvalue weighted by Crippen LogP contribution is -2.54. The first kappa shape index (κ1) is 17.6. The maximum Gasteiger partial charge on any atom is 0.212 e. The van der Waals surface area contributed by atoms with Crippen molar-refractivity contribution in [3.05, 3.63) is 28.2 Å². The molecule has 1 aromatic rings. The van der Waals surface area contributed by atoms with Crippen molar-refractivity contribution in [2.45, 2.75) is 45.6 Å². The summed E-state index contributed by atoms with van der Waals surface area (Å²) in [5, 5.41) is 9.87. The molecule has 0 spiro atoms. The number of benzene rings is 1. The SMILES string of the molecule is CCC(CC)(CC)N(C(N)=NC#N)c1cc(Cl)cc(Cl)c1. The molecule has 1 aromatic carbocycles. The van der Waals surface area contributed by atoms with E-state index in [2.05, 4.69) is 25.8 Å². The van der Waals surface area contributed by atoms with Gasteiger partial charge in [-0.15, -0.1) is 4.99 Å². The second-order valence-corrected chi connectivity index (χ2v) is 5.69. The van der Waals surface area contributed by atoms with Gasteiger partial charge in [-0.3, -0.25) is 0 Å². The molecule has 0 amide bonds. The van der Waals surface area contributed by atoms with Crippen LogP contribution in [0.2, 0.25) is 10.0 Å². The van der Waals surface area contributed by atoms with Gasteiger partial charge in [-0.1, -0.05) is 44.0 Å². The van der Waals surface area contributed by atoms with Crippen molar-refractivity contribution in [2.75, 3.05) is 4.90 Å². The molecule has 0 saturated carbocycles. The van der Waals surface area contributed by atoms with Gasteiger partial charge in [0, 0.05) is 21.3 Å². The van der Waals surface area contributed by atoms with Gasteiger partial charge in [0.25, 0.3) is 0 Å². The van der Waals surface area contributed by atoms with Crippen molar-refractivity contribution in [3.63, 3.8) is 0 Å². The van der Waals surface area contributed by atoms with Gasteiger partial charge in [-0.2, -0.15) is 5.26 Å². The summed E-state index contributed by atoms with van der Waals surface area (Å²) < 4.78 is 0. The zero-order valence-electron chi connectivity index (χ0n) is 12.5. The minimum Gasteiger partial charge on any atom is -0.369 e. The second kappa shape index (κ2) is 7.53. The maximum absolute atomic E-state index is 8.83. The Morgan fingerprint density at radius 1 is 1.19 bits per heavy atom. The van der Waals surface area contributed by atoms with Gasteiger partial charge in [-0.25, -0.2) is 0 Å². The topological polar surface area (TPSA) is 65.4 Å². The van der Waals surface area contributed by atoms with E-state index in [1.165, 1.54) is 0 Å². The molecular weight excluding hydrogens is 307 g/mol. The number of hydrogen-bond donors (Lipinski definition) is 1. The van der Waals surface area contributed by atoms with E-state index in [1.54, 1.807) is 24.4 Å². The van der Waals surface area contributed by atoms with E-state index in [9.17, 15) is 0 Å². The van der Waals surface area contributed by atoms with E-state index in [0.29, 0.717) is 10.0 Å². The average Bonchev–Trinajstić information content (AvgIpc) is 2.43. The van der Waals surface area contributed by atoms with Gasteiger partial charge in [0.1, 0.15) is 0 Å². The van der Waals surface area contributed by atoms with Crippen molar-refractivity contribution in [1.29, 1.82) is 5.26 Å². The number of hydrogen-bond acceptors (Lipinski definition) is 2. The van der Waals surface area contributed by atoms with E-state index >= 15 is 0 Å². The van der Waals surface area contributed by atoms with E-state index in [0.717, 1.165) is 24.9 Å². The second-order valence-electron chi connectivity index (χ2n) is 4.82. The first-order valence-electron chi connectivity index (χ1n) is 6.92. The Balaban J connectivity index is 3.52. The van der Waals surface area contributed by atoms with Crippen LogP contribution in [0.4, 0.5) is 5.69 Å². The molecule has 2 N–H and O–H groups in total. The molecule has 0 fully saturated rings. The molecule has 0 radical (unpaired) electrons.